The SMILES string of the molecule is CS(=O)(=O)Nc1cccc(-n2c(=S)[nH]c3ccccc3c2=O)c1. The molecule has 2 N–H and O–H groups in total. The van der Waals surface area contributed by atoms with E-state index in [2.05, 4.69) is 9.71 Å². The highest BCUT2D eigenvalue weighted by atomic mass is 32.2. The number of nitrogens with zero attached hydrogens (tertiary/aromatic N) is 1. The van der Waals surface area contributed by atoms with Gasteiger partial charge < -0.3 is 4.98 Å². The van der Waals surface area contributed by atoms with E-state index < -0.39 is 10.0 Å². The molecule has 118 valence electrons. The van der Waals surface area contributed by atoms with Crippen molar-refractivity contribution in [2.75, 3.05) is 11.0 Å². The molecule has 0 aliphatic rings. The molecule has 0 amide bonds. The van der Waals surface area contributed by atoms with Crippen LogP contribution in [0.3, 0.4) is 0 Å². The van der Waals surface area contributed by atoms with Gasteiger partial charge in [-0.15, -0.1) is 0 Å². The number of hydrogen-bond donors (Lipinski definition) is 2. The van der Waals surface area contributed by atoms with Crippen molar-refractivity contribution in [1.29, 1.82) is 0 Å². The Labute approximate surface area is 137 Å². The summed E-state index contributed by atoms with van der Waals surface area (Å²) in [7, 11) is -3.40. The van der Waals surface area contributed by atoms with Gasteiger partial charge in [-0.2, -0.15) is 0 Å². The lowest BCUT2D eigenvalue weighted by Gasteiger charge is -2.10. The number of benzene rings is 2. The van der Waals surface area contributed by atoms with Crippen LogP contribution < -0.4 is 10.3 Å². The van der Waals surface area contributed by atoms with E-state index in [4.69, 9.17) is 12.2 Å². The van der Waals surface area contributed by atoms with Crippen molar-refractivity contribution in [3.63, 3.8) is 0 Å². The monoisotopic (exact) mass is 347 g/mol. The van der Waals surface area contributed by atoms with Crippen LogP contribution in [0.1, 0.15) is 0 Å². The quantitative estimate of drug-likeness (QED) is 0.713. The number of nitrogens with one attached hydrogen (secondary N) is 2. The maximum Gasteiger partial charge on any atom is 0.266 e. The topological polar surface area (TPSA) is 84.0 Å². The second kappa shape index (κ2) is 5.64. The lowest BCUT2D eigenvalue weighted by molar-refractivity contribution is 0.607. The molecule has 3 aromatic rings. The summed E-state index contributed by atoms with van der Waals surface area (Å²) in [6.45, 7) is 0. The highest BCUT2D eigenvalue weighted by Gasteiger charge is 2.09. The van der Waals surface area contributed by atoms with Gasteiger partial charge in [-0.3, -0.25) is 14.1 Å². The fourth-order valence-electron chi connectivity index (χ4n) is 2.32. The third-order valence-corrected chi connectivity index (χ3v) is 4.10. The molecule has 0 unspecified atom stereocenters. The summed E-state index contributed by atoms with van der Waals surface area (Å²) in [6, 6.07) is 13.6. The van der Waals surface area contributed by atoms with Crippen molar-refractivity contribution < 1.29 is 8.42 Å². The first-order valence-electron chi connectivity index (χ1n) is 6.67. The van der Waals surface area contributed by atoms with E-state index in [1.165, 1.54) is 4.57 Å². The van der Waals surface area contributed by atoms with Gasteiger partial charge in [0.2, 0.25) is 10.0 Å². The van der Waals surface area contributed by atoms with Gasteiger partial charge in [0.05, 0.1) is 28.5 Å². The molecule has 8 heteroatoms. The number of H-pyrrole nitrogens is 1. The summed E-state index contributed by atoms with van der Waals surface area (Å²) in [5.74, 6) is 0. The van der Waals surface area contributed by atoms with Crippen LogP contribution in [0.4, 0.5) is 5.69 Å². The molecule has 0 atom stereocenters. The molecule has 0 saturated heterocycles. The van der Waals surface area contributed by atoms with E-state index in [-0.39, 0.29) is 10.3 Å². The standard InChI is InChI=1S/C15H13N3O3S2/c1-23(20,21)17-10-5-4-6-11(9-10)18-14(19)12-7-2-3-8-13(12)16-15(18)22/h2-9,17H,1H3,(H,16,22). The summed E-state index contributed by atoms with van der Waals surface area (Å²) in [5.41, 5.74) is 1.24. The highest BCUT2D eigenvalue weighted by molar-refractivity contribution is 7.92. The molecule has 0 spiro atoms. The summed E-state index contributed by atoms with van der Waals surface area (Å²) in [6.07, 6.45) is 1.06. The molecular formula is C15H13N3O3S2. The average Bonchev–Trinajstić information content (AvgIpc) is 2.46. The average molecular weight is 347 g/mol. The zero-order chi connectivity index (χ0) is 16.6. The number of aromatic nitrogens is 2. The van der Waals surface area contributed by atoms with Crippen LogP contribution in [0.2, 0.25) is 0 Å². The van der Waals surface area contributed by atoms with Crippen molar-refractivity contribution in [2.45, 2.75) is 0 Å². The Morgan fingerprint density at radius 1 is 1.13 bits per heavy atom. The van der Waals surface area contributed by atoms with Gasteiger partial charge in [0.15, 0.2) is 4.77 Å². The molecule has 6 nitrogen and oxygen atoms in total. The van der Waals surface area contributed by atoms with Gasteiger partial charge in [-0.05, 0) is 42.5 Å². The van der Waals surface area contributed by atoms with Crippen LogP contribution in [0, 0.1) is 4.77 Å². The van der Waals surface area contributed by atoms with Crippen LogP contribution in [0.25, 0.3) is 16.6 Å². The van der Waals surface area contributed by atoms with E-state index in [9.17, 15) is 13.2 Å². The van der Waals surface area contributed by atoms with Gasteiger partial charge in [-0.25, -0.2) is 8.42 Å². The zero-order valence-electron chi connectivity index (χ0n) is 12.1. The fraction of sp³-hybridized carbons (Fsp3) is 0.0667. The summed E-state index contributed by atoms with van der Waals surface area (Å²) >= 11 is 5.27. The molecule has 0 bridgehead atoms. The molecule has 2 aromatic carbocycles. The molecule has 0 radical (unpaired) electrons. The number of para-hydroxylation sites is 1. The number of sulfonamides is 1. The molecular weight excluding hydrogens is 334 g/mol. The summed E-state index contributed by atoms with van der Waals surface area (Å²) in [4.78, 5) is 15.7. The maximum absolute atomic E-state index is 12.7. The molecule has 3 rings (SSSR count). The normalized spacial score (nSPS) is 11.5. The van der Waals surface area contributed by atoms with E-state index >= 15 is 0 Å². The molecule has 0 fully saturated rings. The van der Waals surface area contributed by atoms with Crippen LogP contribution in [0.5, 0.6) is 0 Å². The first-order chi connectivity index (χ1) is 10.8. The van der Waals surface area contributed by atoms with Crippen molar-refractivity contribution in [3.05, 3.63) is 63.7 Å². The van der Waals surface area contributed by atoms with Crippen LogP contribution in [-0.4, -0.2) is 24.2 Å². The lowest BCUT2D eigenvalue weighted by atomic mass is 10.2. The van der Waals surface area contributed by atoms with E-state index in [1.54, 1.807) is 42.5 Å². The Kier molecular flexibility index (Phi) is 3.78. The maximum atomic E-state index is 12.7. The Balaban J connectivity index is 2.23. The Morgan fingerprint density at radius 2 is 1.87 bits per heavy atom. The van der Waals surface area contributed by atoms with Gasteiger partial charge in [-0.1, -0.05) is 18.2 Å². The smallest absolute Gasteiger partial charge is 0.266 e. The van der Waals surface area contributed by atoms with Gasteiger partial charge in [0.1, 0.15) is 0 Å². The molecule has 0 aliphatic carbocycles. The minimum absolute atomic E-state index is 0.241. The van der Waals surface area contributed by atoms with Crippen LogP contribution >= 0.6 is 12.2 Å². The van der Waals surface area contributed by atoms with E-state index in [0.29, 0.717) is 22.3 Å². The Morgan fingerprint density at radius 3 is 2.61 bits per heavy atom. The number of rotatable bonds is 3. The zero-order valence-corrected chi connectivity index (χ0v) is 13.7. The number of fused-ring (bicyclic) bond motifs is 1. The summed E-state index contributed by atoms with van der Waals surface area (Å²) in [5, 5.41) is 0.502. The highest BCUT2D eigenvalue weighted by Crippen LogP contribution is 2.16. The van der Waals surface area contributed by atoms with E-state index in [1.807, 2.05) is 6.07 Å². The van der Waals surface area contributed by atoms with E-state index in [0.717, 1.165) is 6.26 Å². The van der Waals surface area contributed by atoms with Gasteiger partial charge in [0.25, 0.3) is 5.56 Å². The Bertz CT molecular complexity index is 1110. The lowest BCUT2D eigenvalue weighted by Crippen LogP contribution is -2.20. The number of anilines is 1. The van der Waals surface area contributed by atoms with Gasteiger partial charge in [0, 0.05) is 0 Å². The van der Waals surface area contributed by atoms with Crippen LogP contribution in [-0.2, 0) is 10.0 Å². The third kappa shape index (κ3) is 3.17. The van der Waals surface area contributed by atoms with Crippen molar-refractivity contribution in [3.8, 4) is 5.69 Å². The predicted molar refractivity (Wildman–Crippen MR) is 93.2 cm³/mol. The Hall–Kier alpha value is -2.45. The van der Waals surface area contributed by atoms with Gasteiger partial charge >= 0.3 is 0 Å². The molecule has 0 saturated carbocycles. The first-order valence-corrected chi connectivity index (χ1v) is 8.97. The second-order valence-corrected chi connectivity index (χ2v) is 7.18. The van der Waals surface area contributed by atoms with Crippen molar-refractivity contribution >= 4 is 38.8 Å². The molecule has 23 heavy (non-hydrogen) atoms. The third-order valence-electron chi connectivity index (χ3n) is 3.21. The van der Waals surface area contributed by atoms with Crippen molar-refractivity contribution in [1.82, 2.24) is 9.55 Å². The molecule has 1 heterocycles. The fourth-order valence-corrected chi connectivity index (χ4v) is 3.17. The minimum atomic E-state index is -3.40. The van der Waals surface area contributed by atoms with Crippen LogP contribution in [0.15, 0.2) is 53.3 Å². The number of hydrogen-bond acceptors (Lipinski definition) is 4. The van der Waals surface area contributed by atoms with Crippen molar-refractivity contribution in [2.24, 2.45) is 0 Å². The molecule has 1 aromatic heterocycles. The second-order valence-electron chi connectivity index (χ2n) is 5.04. The number of aromatic amines is 1. The minimum Gasteiger partial charge on any atom is -0.331 e. The predicted octanol–water partition coefficient (Wildman–Crippen LogP) is 2.42. The largest absolute Gasteiger partial charge is 0.331 e. The first kappa shape index (κ1) is 15.4. The molecule has 0 aliphatic heterocycles. The summed E-state index contributed by atoms with van der Waals surface area (Å²) < 4.78 is 26.7.